The Morgan fingerprint density at radius 1 is 0.906 bits per heavy atom. The summed E-state index contributed by atoms with van der Waals surface area (Å²) in [5, 5.41) is 13.8. The Labute approximate surface area is 185 Å². The number of carbonyl (C=O) groups is 1. The van der Waals surface area contributed by atoms with Gasteiger partial charge in [-0.1, -0.05) is 12.1 Å². The molecule has 32 heavy (non-hydrogen) atoms. The Balaban J connectivity index is 1.44. The van der Waals surface area contributed by atoms with Gasteiger partial charge < -0.3 is 5.32 Å². The molecule has 1 aromatic heterocycles. The summed E-state index contributed by atoms with van der Waals surface area (Å²) < 4.78 is 29.5. The molecule has 0 radical (unpaired) electrons. The topological polar surface area (TPSA) is 119 Å². The highest BCUT2D eigenvalue weighted by Crippen LogP contribution is 2.21. The molecule has 0 spiro atoms. The van der Waals surface area contributed by atoms with Gasteiger partial charge in [-0.15, -0.1) is 5.10 Å². The molecule has 0 unspecified atom stereocenters. The van der Waals surface area contributed by atoms with E-state index in [1.807, 2.05) is 13.0 Å². The van der Waals surface area contributed by atoms with Crippen molar-refractivity contribution in [3.05, 3.63) is 89.7 Å². The van der Waals surface area contributed by atoms with Gasteiger partial charge in [0.15, 0.2) is 0 Å². The van der Waals surface area contributed by atoms with Crippen molar-refractivity contribution in [2.75, 3.05) is 10.0 Å². The quantitative estimate of drug-likeness (QED) is 0.467. The molecule has 9 nitrogen and oxygen atoms in total. The summed E-state index contributed by atoms with van der Waals surface area (Å²) >= 11 is 0. The van der Waals surface area contributed by atoms with Crippen LogP contribution in [-0.2, 0) is 10.0 Å². The first-order valence-corrected chi connectivity index (χ1v) is 11.1. The first-order chi connectivity index (χ1) is 15.3. The summed E-state index contributed by atoms with van der Waals surface area (Å²) in [6.07, 6.45) is 1.48. The van der Waals surface area contributed by atoms with Gasteiger partial charge in [0.2, 0.25) is 0 Å². The number of amides is 1. The lowest BCUT2D eigenvalue weighted by Gasteiger charge is -2.12. The van der Waals surface area contributed by atoms with E-state index >= 15 is 0 Å². The van der Waals surface area contributed by atoms with Gasteiger partial charge in [0.05, 0.1) is 10.6 Å². The van der Waals surface area contributed by atoms with Gasteiger partial charge >= 0.3 is 0 Å². The fourth-order valence-electron chi connectivity index (χ4n) is 3.08. The van der Waals surface area contributed by atoms with Crippen molar-refractivity contribution in [2.45, 2.75) is 18.7 Å². The molecule has 162 valence electrons. The van der Waals surface area contributed by atoms with Gasteiger partial charge in [-0.05, 0) is 90.0 Å². The fourth-order valence-corrected chi connectivity index (χ4v) is 4.47. The molecule has 0 bridgehead atoms. The van der Waals surface area contributed by atoms with Crippen molar-refractivity contribution in [1.29, 1.82) is 0 Å². The zero-order valence-corrected chi connectivity index (χ0v) is 18.2. The summed E-state index contributed by atoms with van der Waals surface area (Å²) in [5.74, 6) is -0.316. The average molecular weight is 449 g/mol. The largest absolute Gasteiger partial charge is 0.322 e. The van der Waals surface area contributed by atoms with E-state index in [4.69, 9.17) is 0 Å². The number of hydrogen-bond donors (Lipinski definition) is 2. The maximum atomic E-state index is 12.7. The lowest BCUT2D eigenvalue weighted by Crippen LogP contribution is -2.15. The number of hydrogen-bond acceptors (Lipinski definition) is 6. The monoisotopic (exact) mass is 448 g/mol. The number of rotatable bonds is 6. The van der Waals surface area contributed by atoms with Gasteiger partial charge in [-0.3, -0.25) is 9.52 Å². The number of anilines is 2. The molecule has 0 aliphatic carbocycles. The minimum Gasteiger partial charge on any atom is -0.322 e. The van der Waals surface area contributed by atoms with Gasteiger partial charge in [-0.2, -0.15) is 0 Å². The third-order valence-corrected chi connectivity index (χ3v) is 6.29. The Morgan fingerprint density at radius 2 is 1.59 bits per heavy atom. The molecule has 0 saturated carbocycles. The lowest BCUT2D eigenvalue weighted by molar-refractivity contribution is 0.102. The second-order valence-electron chi connectivity index (χ2n) is 7.21. The Bertz CT molecular complexity index is 1350. The lowest BCUT2D eigenvalue weighted by atomic mass is 10.2. The molecule has 0 saturated heterocycles. The molecule has 1 amide bonds. The van der Waals surface area contributed by atoms with E-state index in [2.05, 4.69) is 25.6 Å². The van der Waals surface area contributed by atoms with E-state index in [0.717, 1.165) is 11.3 Å². The summed E-state index contributed by atoms with van der Waals surface area (Å²) in [6, 6.07) is 18.5. The van der Waals surface area contributed by atoms with Gasteiger partial charge in [0, 0.05) is 16.9 Å². The highest BCUT2D eigenvalue weighted by molar-refractivity contribution is 7.92. The second-order valence-corrected chi connectivity index (χ2v) is 8.86. The number of nitrogens with zero attached hydrogens (tertiary/aromatic N) is 4. The molecule has 4 aromatic rings. The first kappa shape index (κ1) is 21.2. The summed E-state index contributed by atoms with van der Waals surface area (Å²) in [5.41, 5.74) is 3.64. The number of aryl methyl sites for hydroxylation is 2. The van der Waals surface area contributed by atoms with Crippen LogP contribution in [0.1, 0.15) is 21.5 Å². The standard InChI is InChI=1S/C22H20N6O3S/c1-15-3-4-16(2)21(13-15)32(30,31)25-19-7-5-17(6-8-19)22(29)24-18-9-11-20(12-10-18)28-14-23-26-27-28/h3-14,25H,1-2H3,(H,24,29). The molecule has 10 heteroatoms. The van der Waals surface area contributed by atoms with Crippen molar-refractivity contribution in [2.24, 2.45) is 0 Å². The SMILES string of the molecule is Cc1ccc(C)c(S(=O)(=O)Nc2ccc(C(=O)Nc3ccc(-n4cnnn4)cc3)cc2)c1. The number of aromatic nitrogens is 4. The first-order valence-electron chi connectivity index (χ1n) is 9.67. The summed E-state index contributed by atoms with van der Waals surface area (Å²) in [4.78, 5) is 12.8. The molecular weight excluding hydrogens is 428 g/mol. The van der Waals surface area contributed by atoms with E-state index in [9.17, 15) is 13.2 Å². The van der Waals surface area contributed by atoms with Crippen LogP contribution in [0.15, 0.2) is 78.0 Å². The second kappa shape index (κ2) is 8.60. The minimum absolute atomic E-state index is 0.226. The predicted molar refractivity (Wildman–Crippen MR) is 120 cm³/mol. The van der Waals surface area contributed by atoms with E-state index in [0.29, 0.717) is 22.5 Å². The Kier molecular flexibility index (Phi) is 5.69. The zero-order chi connectivity index (χ0) is 22.7. The van der Waals surface area contributed by atoms with Crippen molar-refractivity contribution < 1.29 is 13.2 Å². The summed E-state index contributed by atoms with van der Waals surface area (Å²) in [6.45, 7) is 3.59. The maximum Gasteiger partial charge on any atom is 0.262 e. The van der Waals surface area contributed by atoms with Crippen molar-refractivity contribution in [3.63, 3.8) is 0 Å². The third-order valence-electron chi connectivity index (χ3n) is 4.77. The van der Waals surface area contributed by atoms with Crippen LogP contribution in [0.4, 0.5) is 11.4 Å². The normalized spacial score (nSPS) is 11.2. The molecule has 0 aliphatic rings. The molecule has 0 atom stereocenters. The smallest absolute Gasteiger partial charge is 0.262 e. The molecule has 0 aliphatic heterocycles. The van der Waals surface area contributed by atoms with E-state index < -0.39 is 10.0 Å². The average Bonchev–Trinajstić information content (AvgIpc) is 3.31. The molecular formula is C22H20N6O3S. The number of nitrogens with one attached hydrogen (secondary N) is 2. The molecule has 0 fully saturated rings. The van der Waals surface area contributed by atoms with Gasteiger partial charge in [0.25, 0.3) is 15.9 Å². The van der Waals surface area contributed by atoms with Crippen LogP contribution in [0.2, 0.25) is 0 Å². The van der Waals surface area contributed by atoms with E-state index in [-0.39, 0.29) is 10.8 Å². The van der Waals surface area contributed by atoms with Gasteiger partial charge in [0.1, 0.15) is 6.33 Å². The van der Waals surface area contributed by atoms with Crippen LogP contribution in [0.3, 0.4) is 0 Å². The van der Waals surface area contributed by atoms with Crippen molar-refractivity contribution >= 4 is 27.3 Å². The molecule has 2 N–H and O–H groups in total. The van der Waals surface area contributed by atoms with Crippen molar-refractivity contribution in [3.8, 4) is 5.69 Å². The van der Waals surface area contributed by atoms with Crippen LogP contribution in [0.5, 0.6) is 0 Å². The highest BCUT2D eigenvalue weighted by Gasteiger charge is 2.17. The highest BCUT2D eigenvalue weighted by atomic mass is 32.2. The zero-order valence-electron chi connectivity index (χ0n) is 17.4. The number of sulfonamides is 1. The number of benzene rings is 3. The molecule has 4 rings (SSSR count). The summed E-state index contributed by atoms with van der Waals surface area (Å²) in [7, 11) is -3.74. The van der Waals surface area contributed by atoms with E-state index in [1.165, 1.54) is 11.0 Å². The maximum absolute atomic E-state index is 12.7. The van der Waals surface area contributed by atoms with Crippen molar-refractivity contribution in [1.82, 2.24) is 20.2 Å². The van der Waals surface area contributed by atoms with E-state index in [1.54, 1.807) is 67.6 Å². The Hall–Kier alpha value is -4.05. The minimum atomic E-state index is -3.74. The third kappa shape index (κ3) is 4.65. The Morgan fingerprint density at radius 3 is 2.25 bits per heavy atom. The van der Waals surface area contributed by atoms with Crippen LogP contribution < -0.4 is 10.0 Å². The number of carbonyl (C=O) groups excluding carboxylic acids is 1. The van der Waals surface area contributed by atoms with Crippen LogP contribution in [0.25, 0.3) is 5.69 Å². The number of tetrazole rings is 1. The molecule has 3 aromatic carbocycles. The van der Waals surface area contributed by atoms with Crippen LogP contribution >= 0.6 is 0 Å². The van der Waals surface area contributed by atoms with Crippen LogP contribution in [-0.4, -0.2) is 34.5 Å². The fraction of sp³-hybridized carbons (Fsp3) is 0.0909. The van der Waals surface area contributed by atoms with Crippen LogP contribution in [0, 0.1) is 13.8 Å². The van der Waals surface area contributed by atoms with Gasteiger partial charge in [-0.25, -0.2) is 13.1 Å². The predicted octanol–water partition coefficient (Wildman–Crippen LogP) is 3.33. The molecule has 1 heterocycles.